The van der Waals surface area contributed by atoms with Crippen LogP contribution in [-0.4, -0.2) is 37.6 Å². The minimum absolute atomic E-state index is 0.188. The van der Waals surface area contributed by atoms with Crippen molar-refractivity contribution in [1.29, 1.82) is 0 Å². The highest BCUT2D eigenvalue weighted by Crippen LogP contribution is 2.09. The van der Waals surface area contributed by atoms with Gasteiger partial charge in [-0.2, -0.15) is 0 Å². The van der Waals surface area contributed by atoms with E-state index in [1.54, 1.807) is 0 Å². The number of carbonyl (C=O) groups excluding carboxylic acids is 1. The van der Waals surface area contributed by atoms with Gasteiger partial charge in [-0.15, -0.1) is 0 Å². The van der Waals surface area contributed by atoms with E-state index in [0.717, 1.165) is 31.6 Å². The van der Waals surface area contributed by atoms with Crippen molar-refractivity contribution in [3.8, 4) is 0 Å². The van der Waals surface area contributed by atoms with Crippen LogP contribution in [0, 0.1) is 0 Å². The smallest absolute Gasteiger partial charge is 0.333 e. The third kappa shape index (κ3) is 3.14. The summed E-state index contributed by atoms with van der Waals surface area (Å²) in [4.78, 5) is 13.6. The van der Waals surface area contributed by atoms with Crippen LogP contribution in [0.15, 0.2) is 11.6 Å². The van der Waals surface area contributed by atoms with Gasteiger partial charge in [0.05, 0.1) is 7.11 Å². The third-order valence-electron chi connectivity index (χ3n) is 2.62. The van der Waals surface area contributed by atoms with Crippen molar-refractivity contribution in [2.75, 3.05) is 26.7 Å². The van der Waals surface area contributed by atoms with Crippen LogP contribution in [0.1, 0.15) is 26.2 Å². The highest BCUT2D eigenvalue weighted by Gasteiger charge is 2.11. The monoisotopic (exact) mass is 197 g/mol. The quantitative estimate of drug-likeness (QED) is 0.506. The first-order chi connectivity index (χ1) is 6.77. The van der Waals surface area contributed by atoms with Gasteiger partial charge < -0.3 is 4.74 Å². The van der Waals surface area contributed by atoms with Crippen molar-refractivity contribution < 1.29 is 9.53 Å². The Kier molecular flexibility index (Phi) is 4.66. The number of nitrogens with zero attached hydrogens (tertiary/aromatic N) is 1. The second kappa shape index (κ2) is 5.81. The molecule has 0 spiro atoms. The van der Waals surface area contributed by atoms with Crippen molar-refractivity contribution in [3.63, 3.8) is 0 Å². The first-order valence-corrected chi connectivity index (χ1v) is 5.27. The SMILES string of the molecule is CCC(=CCN1CCCC1)C(=O)OC. The van der Waals surface area contributed by atoms with Gasteiger partial charge in [-0.1, -0.05) is 13.0 Å². The fraction of sp³-hybridized carbons (Fsp3) is 0.727. The molecule has 1 rings (SSSR count). The predicted octanol–water partition coefficient (Wildman–Crippen LogP) is 1.59. The Hall–Kier alpha value is -0.830. The Bertz CT molecular complexity index is 217. The van der Waals surface area contributed by atoms with E-state index in [1.807, 2.05) is 13.0 Å². The lowest BCUT2D eigenvalue weighted by molar-refractivity contribution is -0.136. The maximum Gasteiger partial charge on any atom is 0.333 e. The number of ether oxygens (including phenoxy) is 1. The van der Waals surface area contributed by atoms with E-state index in [0.29, 0.717) is 0 Å². The van der Waals surface area contributed by atoms with Gasteiger partial charge in [-0.05, 0) is 32.4 Å². The maximum absolute atomic E-state index is 11.2. The Morgan fingerprint density at radius 3 is 2.57 bits per heavy atom. The molecule has 0 bridgehead atoms. The van der Waals surface area contributed by atoms with E-state index in [2.05, 4.69) is 4.90 Å². The zero-order valence-electron chi connectivity index (χ0n) is 9.08. The van der Waals surface area contributed by atoms with E-state index >= 15 is 0 Å². The zero-order valence-corrected chi connectivity index (χ0v) is 9.08. The molecule has 0 saturated carbocycles. The molecule has 1 heterocycles. The number of hydrogen-bond acceptors (Lipinski definition) is 3. The molecule has 3 nitrogen and oxygen atoms in total. The Balaban J connectivity index is 2.42. The first-order valence-electron chi connectivity index (χ1n) is 5.27. The summed E-state index contributed by atoms with van der Waals surface area (Å²) in [7, 11) is 1.43. The normalized spacial score (nSPS) is 18.6. The van der Waals surface area contributed by atoms with Crippen LogP contribution in [-0.2, 0) is 9.53 Å². The molecule has 1 aliphatic heterocycles. The summed E-state index contributed by atoms with van der Waals surface area (Å²) in [6.07, 6.45) is 5.32. The summed E-state index contributed by atoms with van der Waals surface area (Å²) >= 11 is 0. The molecule has 1 saturated heterocycles. The number of likely N-dealkylation sites (tertiary alicyclic amines) is 1. The molecule has 0 unspecified atom stereocenters. The van der Waals surface area contributed by atoms with Gasteiger partial charge in [0.2, 0.25) is 0 Å². The fourth-order valence-electron chi connectivity index (χ4n) is 1.71. The molecule has 0 aromatic carbocycles. The van der Waals surface area contributed by atoms with Crippen LogP contribution in [0.2, 0.25) is 0 Å². The summed E-state index contributed by atoms with van der Waals surface area (Å²) in [6.45, 7) is 5.19. The van der Waals surface area contributed by atoms with Gasteiger partial charge in [0.25, 0.3) is 0 Å². The van der Waals surface area contributed by atoms with Crippen LogP contribution < -0.4 is 0 Å². The van der Waals surface area contributed by atoms with Crippen molar-refractivity contribution in [2.24, 2.45) is 0 Å². The molecule has 80 valence electrons. The van der Waals surface area contributed by atoms with Crippen LogP contribution in [0.3, 0.4) is 0 Å². The average molecular weight is 197 g/mol. The Morgan fingerprint density at radius 1 is 1.43 bits per heavy atom. The number of hydrogen-bond donors (Lipinski definition) is 0. The number of methoxy groups -OCH3 is 1. The topological polar surface area (TPSA) is 29.5 Å². The number of rotatable bonds is 4. The maximum atomic E-state index is 11.2. The molecule has 3 heteroatoms. The molecule has 1 fully saturated rings. The van der Waals surface area contributed by atoms with Crippen LogP contribution in [0.25, 0.3) is 0 Å². The fourth-order valence-corrected chi connectivity index (χ4v) is 1.71. The molecule has 0 atom stereocenters. The second-order valence-electron chi connectivity index (χ2n) is 3.58. The van der Waals surface area contributed by atoms with E-state index in [-0.39, 0.29) is 5.97 Å². The predicted molar refractivity (Wildman–Crippen MR) is 56.1 cm³/mol. The molecular weight excluding hydrogens is 178 g/mol. The van der Waals surface area contributed by atoms with E-state index in [1.165, 1.54) is 20.0 Å². The van der Waals surface area contributed by atoms with Gasteiger partial charge in [0, 0.05) is 12.1 Å². The van der Waals surface area contributed by atoms with Crippen LogP contribution >= 0.6 is 0 Å². The summed E-state index contributed by atoms with van der Waals surface area (Å²) in [5, 5.41) is 0. The molecule has 0 aliphatic carbocycles. The summed E-state index contributed by atoms with van der Waals surface area (Å²) in [6, 6.07) is 0. The summed E-state index contributed by atoms with van der Waals surface area (Å²) < 4.78 is 4.69. The minimum atomic E-state index is -0.188. The van der Waals surface area contributed by atoms with Crippen LogP contribution in [0.4, 0.5) is 0 Å². The van der Waals surface area contributed by atoms with E-state index in [4.69, 9.17) is 4.74 Å². The standard InChI is InChI=1S/C11H19NO2/c1-3-10(11(13)14-2)6-9-12-7-4-5-8-12/h6H,3-5,7-9H2,1-2H3. The molecule has 0 N–H and O–H groups in total. The lowest BCUT2D eigenvalue weighted by Gasteiger charge is -2.12. The van der Waals surface area contributed by atoms with Gasteiger partial charge in [-0.3, -0.25) is 4.90 Å². The lowest BCUT2D eigenvalue weighted by atomic mass is 10.2. The molecule has 0 radical (unpaired) electrons. The van der Waals surface area contributed by atoms with Gasteiger partial charge in [-0.25, -0.2) is 4.79 Å². The molecule has 1 aliphatic rings. The van der Waals surface area contributed by atoms with E-state index < -0.39 is 0 Å². The highest BCUT2D eigenvalue weighted by atomic mass is 16.5. The number of esters is 1. The van der Waals surface area contributed by atoms with Crippen molar-refractivity contribution in [2.45, 2.75) is 26.2 Å². The van der Waals surface area contributed by atoms with Crippen molar-refractivity contribution >= 4 is 5.97 Å². The largest absolute Gasteiger partial charge is 0.466 e. The van der Waals surface area contributed by atoms with Crippen molar-refractivity contribution in [3.05, 3.63) is 11.6 Å². The first kappa shape index (κ1) is 11.2. The summed E-state index contributed by atoms with van der Waals surface area (Å²) in [5.74, 6) is -0.188. The number of carbonyl (C=O) groups is 1. The Morgan fingerprint density at radius 2 is 2.07 bits per heavy atom. The lowest BCUT2D eigenvalue weighted by Crippen LogP contribution is -2.20. The average Bonchev–Trinajstić information content (AvgIpc) is 2.71. The van der Waals surface area contributed by atoms with Gasteiger partial charge in [0.15, 0.2) is 0 Å². The highest BCUT2D eigenvalue weighted by molar-refractivity contribution is 5.88. The molecule has 0 aromatic rings. The third-order valence-corrected chi connectivity index (χ3v) is 2.62. The van der Waals surface area contributed by atoms with Gasteiger partial charge >= 0.3 is 5.97 Å². The van der Waals surface area contributed by atoms with Crippen molar-refractivity contribution in [1.82, 2.24) is 4.90 Å². The minimum Gasteiger partial charge on any atom is -0.466 e. The van der Waals surface area contributed by atoms with Crippen LogP contribution in [0.5, 0.6) is 0 Å². The Labute approximate surface area is 85.7 Å². The summed E-state index contributed by atoms with van der Waals surface area (Å²) in [5.41, 5.74) is 0.791. The molecule has 14 heavy (non-hydrogen) atoms. The second-order valence-corrected chi connectivity index (χ2v) is 3.58. The van der Waals surface area contributed by atoms with E-state index in [9.17, 15) is 4.79 Å². The van der Waals surface area contributed by atoms with Gasteiger partial charge in [0.1, 0.15) is 0 Å². The molecule has 0 aromatic heterocycles. The molecular formula is C11H19NO2. The molecule has 0 amide bonds. The zero-order chi connectivity index (χ0) is 10.4.